The van der Waals surface area contributed by atoms with E-state index in [0.717, 1.165) is 0 Å². The predicted molar refractivity (Wildman–Crippen MR) is 71.1 cm³/mol. The highest BCUT2D eigenvalue weighted by Gasteiger charge is 2.41. The van der Waals surface area contributed by atoms with E-state index in [2.05, 4.69) is 10.2 Å². The standard InChI is InChI=1S/C11H14Cl2N4O/c1-11(2)10(18)16(3)4-5-17(11)7-6-8(12)14-15-9(7)13/h6H,4-5H2,1-3H3. The van der Waals surface area contributed by atoms with Gasteiger partial charge >= 0.3 is 0 Å². The number of piperazine rings is 1. The minimum atomic E-state index is -0.678. The second kappa shape index (κ2) is 4.55. The van der Waals surface area contributed by atoms with Gasteiger partial charge in [-0.1, -0.05) is 23.2 Å². The average Bonchev–Trinajstić information content (AvgIpc) is 2.30. The summed E-state index contributed by atoms with van der Waals surface area (Å²) < 4.78 is 0. The summed E-state index contributed by atoms with van der Waals surface area (Å²) in [4.78, 5) is 15.8. The van der Waals surface area contributed by atoms with E-state index in [9.17, 15) is 4.79 Å². The molecule has 1 amide bonds. The van der Waals surface area contributed by atoms with Crippen molar-refractivity contribution >= 4 is 34.8 Å². The lowest BCUT2D eigenvalue weighted by atomic mass is 9.97. The molecule has 1 saturated heterocycles. The van der Waals surface area contributed by atoms with Gasteiger partial charge in [0.1, 0.15) is 5.54 Å². The van der Waals surface area contributed by atoms with Crippen molar-refractivity contribution < 1.29 is 4.79 Å². The van der Waals surface area contributed by atoms with Gasteiger partial charge in [0.05, 0.1) is 5.69 Å². The number of carbonyl (C=O) groups excluding carboxylic acids is 1. The summed E-state index contributed by atoms with van der Waals surface area (Å²) in [6.45, 7) is 5.03. The zero-order valence-electron chi connectivity index (χ0n) is 10.4. The highest BCUT2D eigenvalue weighted by Crippen LogP contribution is 2.33. The number of halogens is 2. The smallest absolute Gasteiger partial charge is 0.247 e. The normalized spacial score (nSPS) is 19.3. The van der Waals surface area contributed by atoms with Crippen LogP contribution in [0.3, 0.4) is 0 Å². The fourth-order valence-electron chi connectivity index (χ4n) is 2.17. The molecule has 1 aliphatic heterocycles. The van der Waals surface area contributed by atoms with Crippen LogP contribution in [-0.2, 0) is 4.79 Å². The summed E-state index contributed by atoms with van der Waals surface area (Å²) in [5, 5.41) is 7.97. The topological polar surface area (TPSA) is 49.3 Å². The number of nitrogens with zero attached hydrogens (tertiary/aromatic N) is 4. The van der Waals surface area contributed by atoms with Gasteiger partial charge in [-0.15, -0.1) is 10.2 Å². The summed E-state index contributed by atoms with van der Waals surface area (Å²) >= 11 is 11.9. The zero-order valence-corrected chi connectivity index (χ0v) is 12.0. The molecule has 0 aliphatic carbocycles. The molecule has 0 unspecified atom stereocenters. The van der Waals surface area contributed by atoms with Crippen molar-refractivity contribution in [3.05, 3.63) is 16.4 Å². The van der Waals surface area contributed by atoms with Gasteiger partial charge in [0.2, 0.25) is 5.91 Å². The third-order valence-corrected chi connectivity index (χ3v) is 3.65. The fraction of sp³-hybridized carbons (Fsp3) is 0.545. The van der Waals surface area contributed by atoms with Crippen LogP contribution >= 0.6 is 23.2 Å². The maximum absolute atomic E-state index is 12.2. The van der Waals surface area contributed by atoms with E-state index in [1.165, 1.54) is 0 Å². The second-order valence-corrected chi connectivity index (χ2v) is 5.53. The Morgan fingerprint density at radius 1 is 1.28 bits per heavy atom. The van der Waals surface area contributed by atoms with Crippen molar-refractivity contribution in [3.63, 3.8) is 0 Å². The second-order valence-electron chi connectivity index (χ2n) is 4.78. The summed E-state index contributed by atoms with van der Waals surface area (Å²) in [5.74, 6) is 0.0396. The van der Waals surface area contributed by atoms with Gasteiger partial charge in [-0.3, -0.25) is 4.79 Å². The molecule has 1 aromatic heterocycles. The molecule has 0 radical (unpaired) electrons. The van der Waals surface area contributed by atoms with Crippen LogP contribution < -0.4 is 4.90 Å². The van der Waals surface area contributed by atoms with E-state index >= 15 is 0 Å². The third kappa shape index (κ3) is 2.12. The summed E-state index contributed by atoms with van der Waals surface area (Å²) in [5.41, 5.74) is -0.0358. The number of carbonyl (C=O) groups is 1. The average molecular weight is 289 g/mol. The first-order valence-corrected chi connectivity index (χ1v) is 6.31. The lowest BCUT2D eigenvalue weighted by Gasteiger charge is -2.46. The van der Waals surface area contributed by atoms with Gasteiger partial charge < -0.3 is 9.80 Å². The minimum absolute atomic E-state index is 0.0396. The van der Waals surface area contributed by atoms with Crippen LogP contribution in [0.2, 0.25) is 10.3 Å². The Labute approximate surface area is 116 Å². The van der Waals surface area contributed by atoms with Crippen molar-refractivity contribution in [1.82, 2.24) is 15.1 Å². The molecular formula is C11H14Cl2N4O. The molecule has 2 rings (SSSR count). The van der Waals surface area contributed by atoms with Gasteiger partial charge in [-0.2, -0.15) is 0 Å². The van der Waals surface area contributed by atoms with E-state index in [-0.39, 0.29) is 16.2 Å². The number of likely N-dealkylation sites (N-methyl/N-ethyl adjacent to an activating group) is 1. The first kappa shape index (κ1) is 13.4. The quantitative estimate of drug-likeness (QED) is 0.791. The van der Waals surface area contributed by atoms with Gasteiger partial charge in [0, 0.05) is 26.2 Å². The van der Waals surface area contributed by atoms with Crippen molar-refractivity contribution in [2.45, 2.75) is 19.4 Å². The molecule has 0 N–H and O–H groups in total. The highest BCUT2D eigenvalue weighted by atomic mass is 35.5. The van der Waals surface area contributed by atoms with Crippen LogP contribution in [0.1, 0.15) is 13.8 Å². The Balaban J connectivity index is 2.44. The monoisotopic (exact) mass is 288 g/mol. The molecule has 1 aliphatic rings. The lowest BCUT2D eigenvalue weighted by Crippen LogP contribution is -2.62. The molecule has 0 saturated carbocycles. The van der Waals surface area contributed by atoms with Crippen molar-refractivity contribution in [2.75, 3.05) is 25.0 Å². The van der Waals surface area contributed by atoms with E-state index in [1.807, 2.05) is 18.7 Å². The molecule has 1 fully saturated rings. The van der Waals surface area contributed by atoms with Crippen LogP contribution in [0.25, 0.3) is 0 Å². The van der Waals surface area contributed by atoms with Gasteiger partial charge in [0.25, 0.3) is 0 Å². The molecule has 7 heteroatoms. The lowest BCUT2D eigenvalue weighted by molar-refractivity contribution is -0.136. The Morgan fingerprint density at radius 2 is 1.94 bits per heavy atom. The van der Waals surface area contributed by atoms with Crippen molar-refractivity contribution in [2.24, 2.45) is 0 Å². The van der Waals surface area contributed by atoms with Crippen molar-refractivity contribution in [1.29, 1.82) is 0 Å². The summed E-state index contributed by atoms with van der Waals surface area (Å²) in [6, 6.07) is 1.64. The number of aromatic nitrogens is 2. The molecule has 18 heavy (non-hydrogen) atoms. The van der Waals surface area contributed by atoms with E-state index in [4.69, 9.17) is 23.2 Å². The third-order valence-electron chi connectivity index (χ3n) is 3.20. The summed E-state index contributed by atoms with van der Waals surface area (Å²) in [6.07, 6.45) is 0. The summed E-state index contributed by atoms with van der Waals surface area (Å²) in [7, 11) is 1.79. The molecule has 98 valence electrons. The molecule has 1 aromatic rings. The van der Waals surface area contributed by atoms with Crippen LogP contribution in [0.4, 0.5) is 5.69 Å². The zero-order chi connectivity index (χ0) is 13.5. The first-order chi connectivity index (χ1) is 8.34. The Bertz CT molecular complexity index is 492. The van der Waals surface area contributed by atoms with Crippen molar-refractivity contribution in [3.8, 4) is 0 Å². The number of rotatable bonds is 1. The largest absolute Gasteiger partial charge is 0.353 e. The maximum Gasteiger partial charge on any atom is 0.247 e. The van der Waals surface area contributed by atoms with E-state index in [1.54, 1.807) is 18.0 Å². The first-order valence-electron chi connectivity index (χ1n) is 5.56. The molecule has 0 bridgehead atoms. The van der Waals surface area contributed by atoms with Gasteiger partial charge in [-0.25, -0.2) is 0 Å². The Kier molecular flexibility index (Phi) is 3.38. The van der Waals surface area contributed by atoms with Crippen LogP contribution in [0.15, 0.2) is 6.07 Å². The molecule has 2 heterocycles. The number of hydrogen-bond acceptors (Lipinski definition) is 4. The Morgan fingerprint density at radius 3 is 2.61 bits per heavy atom. The maximum atomic E-state index is 12.2. The van der Waals surface area contributed by atoms with Crippen LogP contribution in [-0.4, -0.2) is 46.7 Å². The SMILES string of the molecule is CN1CCN(c2cc(Cl)nnc2Cl)C(C)(C)C1=O. The van der Waals surface area contributed by atoms with Gasteiger partial charge in [-0.05, 0) is 13.8 Å². The molecule has 5 nitrogen and oxygen atoms in total. The number of anilines is 1. The Hall–Kier alpha value is -1.07. The van der Waals surface area contributed by atoms with E-state index < -0.39 is 5.54 Å². The molecule has 0 atom stereocenters. The van der Waals surface area contributed by atoms with Crippen LogP contribution in [0, 0.1) is 0 Å². The van der Waals surface area contributed by atoms with E-state index in [0.29, 0.717) is 18.8 Å². The molecular weight excluding hydrogens is 275 g/mol. The highest BCUT2D eigenvalue weighted by molar-refractivity contribution is 6.33. The molecule has 0 spiro atoms. The minimum Gasteiger partial charge on any atom is -0.353 e. The fourth-order valence-corrected chi connectivity index (χ4v) is 2.50. The number of hydrogen-bond donors (Lipinski definition) is 0. The number of amides is 1. The van der Waals surface area contributed by atoms with Gasteiger partial charge in [0.15, 0.2) is 10.3 Å². The predicted octanol–water partition coefficient (Wildman–Crippen LogP) is 1.84. The van der Waals surface area contributed by atoms with Crippen LogP contribution in [0.5, 0.6) is 0 Å². The molecule has 0 aromatic carbocycles.